The molecule has 6 heterocycles. The van der Waals surface area contributed by atoms with Crippen LogP contribution in [0.15, 0.2) is 0 Å². The van der Waals surface area contributed by atoms with Crippen molar-refractivity contribution in [1.82, 2.24) is 64.1 Å². The molecule has 6 saturated heterocycles. The van der Waals surface area contributed by atoms with Gasteiger partial charge in [-0.15, -0.1) is 0 Å². The van der Waals surface area contributed by atoms with E-state index in [1.54, 1.807) is 0 Å². The Hall–Kier alpha value is -0.760. The first-order valence-corrected chi connectivity index (χ1v) is 39.5. The van der Waals surface area contributed by atoms with E-state index in [0.29, 0.717) is 18.8 Å². The molecule has 6 aliphatic rings. The fourth-order valence-corrected chi connectivity index (χ4v) is 13.4. The summed E-state index contributed by atoms with van der Waals surface area (Å²) in [6.07, 6.45) is 9.61. The van der Waals surface area contributed by atoms with Crippen LogP contribution in [0.1, 0.15) is 176 Å². The molecule has 6 aliphatic heterocycles. The Morgan fingerprint density at radius 1 is 0.240 bits per heavy atom. The average molecular weight is 1370 g/mol. The van der Waals surface area contributed by atoms with Crippen molar-refractivity contribution in [2.45, 2.75) is 204 Å². The third-order valence-corrected chi connectivity index (χ3v) is 19.3. The summed E-state index contributed by atoms with van der Waals surface area (Å²) in [5.74, 6) is 0. The highest BCUT2D eigenvalue weighted by Crippen LogP contribution is 2.18. The van der Waals surface area contributed by atoms with Gasteiger partial charge in [-0.2, -0.15) is 0 Å². The zero-order valence-electron chi connectivity index (χ0n) is 66.8. The van der Waals surface area contributed by atoms with Crippen LogP contribution in [0.2, 0.25) is 0 Å². The predicted octanol–water partition coefficient (Wildman–Crippen LogP) is 8.51. The van der Waals surface area contributed by atoms with Crippen LogP contribution in [0.4, 0.5) is 0 Å². The van der Waals surface area contributed by atoms with Crippen molar-refractivity contribution in [3.8, 4) is 0 Å². The molecule has 0 saturated carbocycles. The molecule has 19 heteroatoms. The van der Waals surface area contributed by atoms with Gasteiger partial charge >= 0.3 is 0 Å². The summed E-state index contributed by atoms with van der Waals surface area (Å²) in [6.45, 7) is 90.4. The van der Waals surface area contributed by atoms with Crippen LogP contribution in [0.5, 0.6) is 0 Å². The first-order chi connectivity index (χ1) is 45.3. The first-order valence-electron chi connectivity index (χ1n) is 39.5. The number of ether oxygens (including phenoxy) is 6. The second-order valence-electron chi connectivity index (χ2n) is 35.1. The van der Waals surface area contributed by atoms with E-state index in [-0.39, 0.29) is 27.8 Å². The van der Waals surface area contributed by atoms with E-state index < -0.39 is 0 Å². The maximum atomic E-state index is 5.85. The van der Waals surface area contributed by atoms with Crippen molar-refractivity contribution >= 4 is 0 Å². The molecule has 96 heavy (non-hydrogen) atoms. The van der Waals surface area contributed by atoms with Gasteiger partial charge in [-0.3, -0.25) is 4.90 Å². The molecule has 0 aromatic rings. The number of rotatable bonds is 39. The fourth-order valence-electron chi connectivity index (χ4n) is 13.4. The molecule has 0 aliphatic carbocycles. The average Bonchev–Trinajstić information content (AvgIpc) is 1.03. The Morgan fingerprint density at radius 3 is 0.688 bits per heavy atom. The maximum Gasteiger partial charge on any atom is 0.0700 e. The van der Waals surface area contributed by atoms with Crippen LogP contribution < -0.4 is 5.32 Å². The third-order valence-electron chi connectivity index (χ3n) is 19.3. The summed E-state index contributed by atoms with van der Waals surface area (Å²) in [6, 6.07) is 0. The van der Waals surface area contributed by atoms with E-state index in [4.69, 9.17) is 28.4 Å². The molecule has 0 unspecified atom stereocenters. The molecule has 0 spiro atoms. The van der Waals surface area contributed by atoms with Gasteiger partial charge in [0, 0.05) is 240 Å². The molecule has 0 radical (unpaired) electrons. The summed E-state index contributed by atoms with van der Waals surface area (Å²) in [5.41, 5.74) is 0.716. The van der Waals surface area contributed by atoms with Gasteiger partial charge in [0.25, 0.3) is 0 Å². The molecular weight excluding hydrogens is 1200 g/mol. The molecule has 0 aromatic carbocycles. The van der Waals surface area contributed by atoms with E-state index in [9.17, 15) is 0 Å². The zero-order chi connectivity index (χ0) is 70.4. The molecule has 0 bridgehead atoms. The van der Waals surface area contributed by atoms with E-state index in [2.05, 4.69) is 189 Å². The van der Waals surface area contributed by atoms with Crippen molar-refractivity contribution in [2.24, 2.45) is 5.41 Å². The van der Waals surface area contributed by atoms with Crippen LogP contribution >= 0.6 is 0 Å². The van der Waals surface area contributed by atoms with Gasteiger partial charge in [0.15, 0.2) is 0 Å². The normalized spacial score (nSPS) is 20.8. The van der Waals surface area contributed by atoms with E-state index >= 15 is 0 Å². The highest BCUT2D eigenvalue weighted by Gasteiger charge is 2.27. The lowest BCUT2D eigenvalue weighted by Crippen LogP contribution is -2.53. The molecule has 0 atom stereocenters. The lowest BCUT2D eigenvalue weighted by atomic mass is 9.99. The van der Waals surface area contributed by atoms with Crippen LogP contribution in [-0.2, 0) is 28.4 Å². The molecule has 6 rings (SSSR count). The van der Waals surface area contributed by atoms with E-state index in [0.717, 1.165) is 91.4 Å². The van der Waals surface area contributed by atoms with Crippen molar-refractivity contribution in [1.29, 1.82) is 0 Å². The number of piperazine rings is 6. The first kappa shape index (κ1) is 87.6. The maximum absolute atomic E-state index is 5.85. The Kier molecular flexibility index (Phi) is 43.4. The van der Waals surface area contributed by atoms with Crippen LogP contribution in [0.3, 0.4) is 0 Å². The fraction of sp³-hybridized carbons (Fsp3) is 1.00. The van der Waals surface area contributed by atoms with Crippen molar-refractivity contribution in [3.05, 3.63) is 0 Å². The molecule has 19 nitrogen and oxygen atoms in total. The minimum Gasteiger partial charge on any atom is -0.380 e. The Labute approximate surface area is 594 Å². The van der Waals surface area contributed by atoms with E-state index in [1.807, 2.05) is 0 Å². The molecule has 570 valence electrons. The zero-order valence-corrected chi connectivity index (χ0v) is 66.8. The summed E-state index contributed by atoms with van der Waals surface area (Å²) in [5, 5.41) is 3.47. The second-order valence-corrected chi connectivity index (χ2v) is 35.1. The quantitative estimate of drug-likeness (QED) is 0.0594. The van der Waals surface area contributed by atoms with Crippen molar-refractivity contribution < 1.29 is 28.4 Å². The van der Waals surface area contributed by atoms with E-state index in [1.165, 1.54) is 242 Å². The minimum absolute atomic E-state index is 0.00190. The highest BCUT2D eigenvalue weighted by atomic mass is 16.5. The van der Waals surface area contributed by atoms with Gasteiger partial charge in [0.05, 0.1) is 43.2 Å². The summed E-state index contributed by atoms with van der Waals surface area (Å²) < 4.78 is 34.7. The lowest BCUT2D eigenvalue weighted by molar-refractivity contribution is -0.00874. The van der Waals surface area contributed by atoms with Gasteiger partial charge < -0.3 is 87.6 Å². The number of hydrogen-bond acceptors (Lipinski definition) is 19. The second kappa shape index (κ2) is 47.6. The predicted molar refractivity (Wildman–Crippen MR) is 406 cm³/mol. The Balaban J connectivity index is 0.000000309. The van der Waals surface area contributed by atoms with Crippen LogP contribution in [0, 0.1) is 5.41 Å². The van der Waals surface area contributed by atoms with Gasteiger partial charge in [-0.05, 0) is 200 Å². The molecular formula is C77H161N13O6. The van der Waals surface area contributed by atoms with Gasteiger partial charge in [0.2, 0.25) is 0 Å². The third kappa shape index (κ3) is 46.8. The molecule has 1 N–H and O–H groups in total. The largest absolute Gasteiger partial charge is 0.380 e. The number of nitrogens with one attached hydrogen (secondary N) is 1. The molecule has 0 aromatic heterocycles. The highest BCUT2D eigenvalue weighted by molar-refractivity contribution is 4.83. The number of nitrogens with zero attached hydrogens (tertiary/aromatic N) is 12. The summed E-state index contributed by atoms with van der Waals surface area (Å²) >= 11 is 0. The lowest BCUT2D eigenvalue weighted by Gasteiger charge is -2.42. The Bertz CT molecular complexity index is 1840. The SMILES string of the molecule is CC(C)(C)COCCOCCCN1CCN(CCCN2CCN(CCCOC(C)(C)C)CC2)CC1.CC(C)(C)NCCOCCCN1CCN(CCCN2CCN(CCCOC(C)(C)C)CC2)CC1.CC(C)(C)OCCCN1CCN(CCCN2CCN(C(C)(C)C)CC2)CC1. The topological polar surface area (TPSA) is 106 Å². The number of hydrogen-bond donors (Lipinski definition) is 1. The van der Waals surface area contributed by atoms with Crippen LogP contribution in [0.25, 0.3) is 0 Å². The standard InChI is InChI=1S/C28H58N4O3.C27H57N5O2.C22H46N4O/c1-27(2,3)26-34-25-24-33-22-8-12-31-18-14-29(15-19-31)10-7-11-30-16-20-32(21-17-30)13-9-23-35-28(4,5)6;1-26(2,3)28-10-25-33-23-8-13-31-19-15-29(16-20-31)11-7-12-30-17-21-32(22-18-30)14-9-24-34-27(4,5)6;1-21(2,3)26-18-16-24(17-19-26)10-7-9-23-12-14-25(15-13-23)11-8-20-27-22(4,5)6/h7-26H2,1-6H3;28H,7-25H2,1-6H3;7-20H2,1-6H3. The van der Waals surface area contributed by atoms with Crippen LogP contribution in [-0.4, -0.2) is 382 Å². The Morgan fingerprint density at radius 2 is 0.458 bits per heavy atom. The van der Waals surface area contributed by atoms with Crippen molar-refractivity contribution in [3.63, 3.8) is 0 Å². The summed E-state index contributed by atoms with van der Waals surface area (Å²) in [4.78, 5) is 31.6. The monoisotopic (exact) mass is 1360 g/mol. The van der Waals surface area contributed by atoms with Gasteiger partial charge in [-0.25, -0.2) is 0 Å². The van der Waals surface area contributed by atoms with Gasteiger partial charge in [-0.1, -0.05) is 20.8 Å². The smallest absolute Gasteiger partial charge is 0.0700 e. The van der Waals surface area contributed by atoms with Crippen molar-refractivity contribution in [2.75, 3.05) is 295 Å². The molecule has 0 amide bonds. The molecule has 6 fully saturated rings. The summed E-state index contributed by atoms with van der Waals surface area (Å²) in [7, 11) is 0. The minimum atomic E-state index is -0.0120. The van der Waals surface area contributed by atoms with Gasteiger partial charge in [0.1, 0.15) is 0 Å².